The minimum atomic E-state index is -0.0255. The second kappa shape index (κ2) is 8.66. The van der Waals surface area contributed by atoms with Gasteiger partial charge in [-0.2, -0.15) is 0 Å². The van der Waals surface area contributed by atoms with Crippen molar-refractivity contribution in [1.29, 1.82) is 0 Å². The van der Waals surface area contributed by atoms with Gasteiger partial charge in [0, 0.05) is 49.4 Å². The molecule has 1 amide bonds. The molecule has 2 heterocycles. The Labute approximate surface area is 171 Å². The molecule has 0 aliphatic carbocycles. The number of carbonyl (C=O) groups is 2. The van der Waals surface area contributed by atoms with Crippen LogP contribution in [0.3, 0.4) is 0 Å². The second-order valence-electron chi connectivity index (χ2n) is 7.36. The van der Waals surface area contributed by atoms with E-state index in [1.807, 2.05) is 4.90 Å². The number of amides is 1. The number of fused-ring (bicyclic) bond motifs is 1. The van der Waals surface area contributed by atoms with Crippen molar-refractivity contribution in [3.63, 3.8) is 0 Å². The Kier molecular flexibility index (Phi) is 5.81. The number of hydrogen-bond donors (Lipinski definition) is 0. The van der Waals surface area contributed by atoms with Crippen LogP contribution in [0.5, 0.6) is 5.75 Å². The molecular weight excluding hydrogens is 368 g/mol. The lowest BCUT2D eigenvalue weighted by Gasteiger charge is -2.29. The van der Waals surface area contributed by atoms with Crippen molar-refractivity contribution < 1.29 is 19.1 Å². The number of ketones is 1. The predicted molar refractivity (Wildman–Crippen MR) is 112 cm³/mol. The number of morpholine rings is 1. The third-order valence-electron chi connectivity index (χ3n) is 5.62. The maximum atomic E-state index is 12.9. The average molecular weight is 394 g/mol. The third-order valence-corrected chi connectivity index (χ3v) is 5.62. The van der Waals surface area contributed by atoms with Gasteiger partial charge in [-0.3, -0.25) is 9.59 Å². The highest BCUT2D eigenvalue weighted by molar-refractivity contribution is 6.01. The first-order valence-corrected chi connectivity index (χ1v) is 10.1. The first-order chi connectivity index (χ1) is 14.2. The van der Waals surface area contributed by atoms with Crippen molar-refractivity contribution >= 4 is 23.1 Å². The normalized spacial score (nSPS) is 15.9. The maximum absolute atomic E-state index is 12.9. The highest BCUT2D eigenvalue weighted by Crippen LogP contribution is 2.33. The van der Waals surface area contributed by atoms with Crippen molar-refractivity contribution in [2.45, 2.75) is 19.3 Å². The first kappa shape index (κ1) is 19.5. The molecule has 6 heteroatoms. The number of Topliss-reactive ketones (excluding diaryl/α,β-unsaturated/α-hetero) is 1. The van der Waals surface area contributed by atoms with Crippen molar-refractivity contribution in [2.75, 3.05) is 49.8 Å². The van der Waals surface area contributed by atoms with E-state index in [9.17, 15) is 9.59 Å². The van der Waals surface area contributed by atoms with E-state index in [2.05, 4.69) is 23.1 Å². The Morgan fingerprint density at radius 2 is 1.76 bits per heavy atom. The molecule has 0 N–H and O–H groups in total. The minimum Gasteiger partial charge on any atom is -0.497 e. The summed E-state index contributed by atoms with van der Waals surface area (Å²) in [7, 11) is 1.59. The lowest BCUT2D eigenvalue weighted by Crippen LogP contribution is -2.36. The molecule has 4 rings (SSSR count). The highest BCUT2D eigenvalue weighted by Gasteiger charge is 2.26. The van der Waals surface area contributed by atoms with Crippen molar-refractivity contribution in [1.82, 2.24) is 0 Å². The van der Waals surface area contributed by atoms with Crippen LogP contribution >= 0.6 is 0 Å². The molecule has 1 saturated heterocycles. The van der Waals surface area contributed by atoms with Crippen LogP contribution in [0.15, 0.2) is 42.5 Å². The van der Waals surface area contributed by atoms with Gasteiger partial charge in [0.25, 0.3) is 0 Å². The first-order valence-electron chi connectivity index (χ1n) is 10.1. The summed E-state index contributed by atoms with van der Waals surface area (Å²) in [5, 5.41) is 0. The maximum Gasteiger partial charge on any atom is 0.227 e. The van der Waals surface area contributed by atoms with Gasteiger partial charge >= 0.3 is 0 Å². The van der Waals surface area contributed by atoms with Crippen molar-refractivity contribution in [2.24, 2.45) is 0 Å². The fourth-order valence-corrected chi connectivity index (χ4v) is 3.92. The van der Waals surface area contributed by atoms with E-state index >= 15 is 0 Å². The second-order valence-corrected chi connectivity index (χ2v) is 7.36. The van der Waals surface area contributed by atoms with E-state index in [1.165, 1.54) is 5.56 Å². The van der Waals surface area contributed by atoms with E-state index in [-0.39, 0.29) is 24.5 Å². The van der Waals surface area contributed by atoms with E-state index in [4.69, 9.17) is 9.47 Å². The largest absolute Gasteiger partial charge is 0.497 e. The lowest BCUT2D eigenvalue weighted by molar-refractivity contribution is -0.118. The monoisotopic (exact) mass is 394 g/mol. The minimum absolute atomic E-state index is 0.00439. The summed E-state index contributed by atoms with van der Waals surface area (Å²) in [6, 6.07) is 13.4. The molecule has 0 atom stereocenters. The standard InChI is InChI=1S/C23H26N2O4/c1-28-20-6-3-18(4-7-20)22(26)8-9-23(27)25-11-10-17-2-5-19(16-21(17)25)24-12-14-29-15-13-24/h2-7,16H,8-15H2,1H3. The van der Waals surface area contributed by atoms with Gasteiger partial charge in [0.2, 0.25) is 5.91 Å². The number of rotatable bonds is 6. The topological polar surface area (TPSA) is 59.1 Å². The molecule has 6 nitrogen and oxygen atoms in total. The van der Waals surface area contributed by atoms with E-state index < -0.39 is 0 Å². The van der Waals surface area contributed by atoms with Gasteiger partial charge in [-0.25, -0.2) is 0 Å². The SMILES string of the molecule is COc1ccc(C(=O)CCC(=O)N2CCc3ccc(N4CCOCC4)cc32)cc1. The summed E-state index contributed by atoms with van der Waals surface area (Å²) in [5.41, 5.74) is 3.91. The molecule has 2 aliphatic heterocycles. The van der Waals surface area contributed by atoms with Crippen LogP contribution in [-0.4, -0.2) is 51.6 Å². The number of methoxy groups -OCH3 is 1. The number of nitrogens with zero attached hydrogens (tertiary/aromatic N) is 2. The number of ether oxygens (including phenoxy) is 2. The van der Waals surface area contributed by atoms with E-state index in [1.54, 1.807) is 31.4 Å². The Bertz CT molecular complexity index is 888. The third kappa shape index (κ3) is 4.27. The molecule has 0 saturated carbocycles. The Morgan fingerprint density at radius 1 is 1.00 bits per heavy atom. The number of benzene rings is 2. The Balaban J connectivity index is 1.40. The summed E-state index contributed by atoms with van der Waals surface area (Å²) >= 11 is 0. The molecule has 2 aromatic carbocycles. The van der Waals surface area contributed by atoms with Gasteiger partial charge in [-0.05, 0) is 48.4 Å². The van der Waals surface area contributed by atoms with E-state index in [0.717, 1.165) is 44.1 Å². The van der Waals surface area contributed by atoms with Gasteiger partial charge in [0.05, 0.1) is 20.3 Å². The summed E-state index contributed by atoms with van der Waals surface area (Å²) in [5.74, 6) is 0.689. The summed E-state index contributed by atoms with van der Waals surface area (Å²) < 4.78 is 10.6. The molecule has 0 unspecified atom stereocenters. The van der Waals surface area contributed by atoms with Crippen molar-refractivity contribution in [3.05, 3.63) is 53.6 Å². The summed E-state index contributed by atoms with van der Waals surface area (Å²) in [4.78, 5) is 29.4. The zero-order valence-corrected chi connectivity index (χ0v) is 16.7. The van der Waals surface area contributed by atoms with Crippen LogP contribution in [0.2, 0.25) is 0 Å². The van der Waals surface area contributed by atoms with Crippen LogP contribution in [0.25, 0.3) is 0 Å². The summed E-state index contributed by atoms with van der Waals surface area (Å²) in [6.07, 6.45) is 1.28. The quantitative estimate of drug-likeness (QED) is 0.705. The number of carbonyl (C=O) groups excluding carboxylic acids is 2. The van der Waals surface area contributed by atoms with Gasteiger partial charge in [0.1, 0.15) is 5.75 Å². The zero-order chi connectivity index (χ0) is 20.2. The molecule has 2 aliphatic rings. The molecule has 2 aromatic rings. The molecule has 152 valence electrons. The van der Waals surface area contributed by atoms with Crippen LogP contribution < -0.4 is 14.5 Å². The molecule has 29 heavy (non-hydrogen) atoms. The predicted octanol–water partition coefficient (Wildman–Crippen LogP) is 3.08. The molecule has 0 spiro atoms. The van der Waals surface area contributed by atoms with Crippen LogP contribution in [0, 0.1) is 0 Å². The van der Waals surface area contributed by atoms with Gasteiger partial charge in [-0.1, -0.05) is 6.07 Å². The average Bonchev–Trinajstić information content (AvgIpc) is 3.21. The molecular formula is C23H26N2O4. The molecule has 1 fully saturated rings. The Morgan fingerprint density at radius 3 is 2.48 bits per heavy atom. The van der Waals surface area contributed by atoms with Crippen LogP contribution in [0.4, 0.5) is 11.4 Å². The Hall–Kier alpha value is -2.86. The zero-order valence-electron chi connectivity index (χ0n) is 16.7. The van der Waals surface area contributed by atoms with E-state index in [0.29, 0.717) is 17.9 Å². The number of hydrogen-bond acceptors (Lipinski definition) is 5. The number of anilines is 2. The molecule has 0 aromatic heterocycles. The van der Waals surface area contributed by atoms with Gasteiger partial charge < -0.3 is 19.3 Å². The molecule has 0 bridgehead atoms. The van der Waals surface area contributed by atoms with Crippen LogP contribution in [-0.2, 0) is 16.0 Å². The van der Waals surface area contributed by atoms with Gasteiger partial charge in [0.15, 0.2) is 5.78 Å². The van der Waals surface area contributed by atoms with Crippen molar-refractivity contribution in [3.8, 4) is 5.75 Å². The summed E-state index contributed by atoms with van der Waals surface area (Å²) in [6.45, 7) is 3.87. The highest BCUT2D eigenvalue weighted by atomic mass is 16.5. The lowest BCUT2D eigenvalue weighted by atomic mass is 10.1. The fraction of sp³-hybridized carbons (Fsp3) is 0.391. The molecule has 0 radical (unpaired) electrons. The smallest absolute Gasteiger partial charge is 0.227 e. The fourth-order valence-electron chi connectivity index (χ4n) is 3.92. The van der Waals surface area contributed by atoms with Gasteiger partial charge in [-0.15, -0.1) is 0 Å². The van der Waals surface area contributed by atoms with Crippen LogP contribution in [0.1, 0.15) is 28.8 Å².